The number of hydrogen-bond acceptors (Lipinski definition) is 8. The van der Waals surface area contributed by atoms with Crippen molar-refractivity contribution >= 4 is 44.3 Å². The Balaban J connectivity index is 1.45. The number of carbonyl (C=O) groups is 3. The molecule has 13 heteroatoms. The van der Waals surface area contributed by atoms with Crippen LogP contribution in [0.2, 0.25) is 0 Å². The van der Waals surface area contributed by atoms with Crippen LogP contribution in [-0.4, -0.2) is 85.8 Å². The minimum absolute atomic E-state index is 0.0526. The first-order valence-corrected chi connectivity index (χ1v) is 14.8. The van der Waals surface area contributed by atoms with Crippen LogP contribution >= 0.6 is 11.3 Å². The minimum atomic E-state index is -3.80. The smallest absolute Gasteiger partial charge is 0.409 e. The van der Waals surface area contributed by atoms with Gasteiger partial charge in [0.05, 0.1) is 17.1 Å². The van der Waals surface area contributed by atoms with E-state index in [1.807, 2.05) is 0 Å². The Bertz CT molecular complexity index is 1310. The number of nitrogens with one attached hydrogen (secondary N) is 1. The predicted molar refractivity (Wildman–Crippen MR) is 144 cm³/mol. The molecule has 2 aromatic rings. The lowest BCUT2D eigenvalue weighted by Gasteiger charge is -2.33. The summed E-state index contributed by atoms with van der Waals surface area (Å²) >= 11 is 1.35. The van der Waals surface area contributed by atoms with Gasteiger partial charge in [-0.15, -0.1) is 11.3 Å². The molecule has 11 nitrogen and oxygen atoms in total. The molecule has 2 aliphatic heterocycles. The van der Waals surface area contributed by atoms with Crippen molar-refractivity contribution in [2.24, 2.45) is 5.73 Å². The van der Waals surface area contributed by atoms with Gasteiger partial charge in [0.25, 0.3) is 11.8 Å². The maximum Gasteiger partial charge on any atom is 0.409 e. The number of ether oxygens (including phenoxy) is 1. The zero-order chi connectivity index (χ0) is 27.6. The molecular formula is C25H33N5O6S2. The summed E-state index contributed by atoms with van der Waals surface area (Å²) in [5.41, 5.74) is 7.16. The van der Waals surface area contributed by atoms with Crippen LogP contribution in [0.25, 0.3) is 0 Å². The maximum atomic E-state index is 13.1. The maximum absolute atomic E-state index is 13.1. The second-order valence-electron chi connectivity index (χ2n) is 9.45. The molecule has 4 rings (SSSR count). The molecule has 206 valence electrons. The van der Waals surface area contributed by atoms with Crippen molar-refractivity contribution in [2.45, 2.75) is 44.7 Å². The molecule has 1 aromatic carbocycles. The molecule has 3 amide bonds. The molecule has 0 aliphatic carbocycles. The Hall–Kier alpha value is -3.00. The van der Waals surface area contributed by atoms with E-state index in [0.29, 0.717) is 29.6 Å². The van der Waals surface area contributed by atoms with Crippen LogP contribution in [0, 0.1) is 0 Å². The first kappa shape index (κ1) is 28.0. The molecule has 1 fully saturated rings. The molecule has 1 aromatic heterocycles. The van der Waals surface area contributed by atoms with E-state index in [0.717, 1.165) is 17.0 Å². The summed E-state index contributed by atoms with van der Waals surface area (Å²) in [6.45, 7) is 8.47. The zero-order valence-electron chi connectivity index (χ0n) is 21.7. The number of carbonyl (C=O) groups excluding carboxylic acids is 3. The number of sulfonamides is 1. The highest BCUT2D eigenvalue weighted by Gasteiger charge is 2.31. The second kappa shape index (κ2) is 11.4. The van der Waals surface area contributed by atoms with Crippen molar-refractivity contribution in [3.8, 4) is 0 Å². The second-order valence-corrected chi connectivity index (χ2v) is 12.5. The monoisotopic (exact) mass is 563 g/mol. The number of piperazine rings is 1. The molecule has 0 bridgehead atoms. The summed E-state index contributed by atoms with van der Waals surface area (Å²) < 4.78 is 32.5. The number of hydrogen-bond donors (Lipinski definition) is 2. The number of nitrogens with zero attached hydrogens (tertiary/aromatic N) is 3. The Morgan fingerprint density at radius 1 is 1.08 bits per heavy atom. The van der Waals surface area contributed by atoms with Crippen molar-refractivity contribution in [1.29, 1.82) is 0 Å². The minimum Gasteiger partial charge on any atom is -0.450 e. The van der Waals surface area contributed by atoms with Gasteiger partial charge in [-0.3, -0.25) is 14.5 Å². The summed E-state index contributed by atoms with van der Waals surface area (Å²) in [6, 6.07) is 6.01. The van der Waals surface area contributed by atoms with Gasteiger partial charge in [-0.1, -0.05) is 0 Å². The number of nitrogens with two attached hydrogens (primary N) is 1. The highest BCUT2D eigenvalue weighted by molar-refractivity contribution is 7.89. The topological polar surface area (TPSA) is 142 Å². The average molecular weight is 564 g/mol. The van der Waals surface area contributed by atoms with Crippen molar-refractivity contribution in [2.75, 3.05) is 44.6 Å². The highest BCUT2D eigenvalue weighted by atomic mass is 32.2. The SMILES string of the molecule is CCOC(=O)N1CCN(S(=O)(=O)c2ccc(C(=O)Nc3sc4c(c3C(N)=O)CCN(C(C)C)C4)cc2)CC1. The van der Waals surface area contributed by atoms with Gasteiger partial charge in [0.1, 0.15) is 5.00 Å². The molecule has 0 atom stereocenters. The summed E-state index contributed by atoms with van der Waals surface area (Å²) in [4.78, 5) is 42.0. The molecule has 0 radical (unpaired) electrons. The summed E-state index contributed by atoms with van der Waals surface area (Å²) in [6.07, 6.45) is 0.224. The number of rotatable bonds is 7. The van der Waals surface area contributed by atoms with Gasteiger partial charge in [0.2, 0.25) is 10.0 Å². The van der Waals surface area contributed by atoms with Crippen molar-refractivity contribution < 1.29 is 27.5 Å². The third-order valence-corrected chi connectivity index (χ3v) is 9.85. The molecule has 3 N–H and O–H groups in total. The van der Waals surface area contributed by atoms with E-state index in [-0.39, 0.29) is 43.2 Å². The fourth-order valence-corrected chi connectivity index (χ4v) is 7.34. The molecule has 38 heavy (non-hydrogen) atoms. The number of fused-ring (bicyclic) bond motifs is 1. The third kappa shape index (κ3) is 5.70. The Kier molecular flexibility index (Phi) is 8.40. The van der Waals surface area contributed by atoms with E-state index in [1.165, 1.54) is 44.8 Å². The summed E-state index contributed by atoms with van der Waals surface area (Å²) in [7, 11) is -3.80. The van der Waals surface area contributed by atoms with E-state index in [9.17, 15) is 22.8 Å². The fourth-order valence-electron chi connectivity index (χ4n) is 4.64. The molecule has 2 aliphatic rings. The van der Waals surface area contributed by atoms with Gasteiger partial charge in [-0.2, -0.15) is 4.31 Å². The molecule has 3 heterocycles. The van der Waals surface area contributed by atoms with Crippen molar-refractivity contribution in [1.82, 2.24) is 14.1 Å². The van der Waals surface area contributed by atoms with Crippen LogP contribution in [-0.2, 0) is 27.7 Å². The lowest BCUT2D eigenvalue weighted by Crippen LogP contribution is -2.50. The van der Waals surface area contributed by atoms with Gasteiger partial charge in [-0.25, -0.2) is 13.2 Å². The first-order chi connectivity index (χ1) is 18.0. The number of primary amides is 1. The number of thiophene rings is 1. The van der Waals surface area contributed by atoms with Gasteiger partial charge in [0, 0.05) is 55.8 Å². The van der Waals surface area contributed by atoms with Crippen molar-refractivity contribution in [3.63, 3.8) is 0 Å². The van der Waals surface area contributed by atoms with E-state index >= 15 is 0 Å². The van der Waals surface area contributed by atoms with Gasteiger partial charge >= 0.3 is 6.09 Å². The molecule has 0 saturated carbocycles. The number of anilines is 1. The Labute approximate surface area is 226 Å². The normalized spacial score (nSPS) is 16.8. The van der Waals surface area contributed by atoms with Gasteiger partial charge in [0.15, 0.2) is 0 Å². The van der Waals surface area contributed by atoms with Crippen LogP contribution in [0.1, 0.15) is 51.9 Å². The Morgan fingerprint density at radius 2 is 1.74 bits per heavy atom. The largest absolute Gasteiger partial charge is 0.450 e. The van der Waals surface area contributed by atoms with E-state index < -0.39 is 27.9 Å². The summed E-state index contributed by atoms with van der Waals surface area (Å²) in [5, 5.41) is 3.22. The van der Waals surface area contributed by atoms with Crippen LogP contribution < -0.4 is 11.1 Å². The van der Waals surface area contributed by atoms with Gasteiger partial charge < -0.3 is 20.7 Å². The number of benzene rings is 1. The van der Waals surface area contributed by atoms with E-state index in [4.69, 9.17) is 10.5 Å². The lowest BCUT2D eigenvalue weighted by molar-refractivity contribution is 0.0933. The van der Waals surface area contributed by atoms with Crippen LogP contribution in [0.3, 0.4) is 0 Å². The van der Waals surface area contributed by atoms with Crippen molar-refractivity contribution in [3.05, 3.63) is 45.8 Å². The molecule has 0 spiro atoms. The van der Waals surface area contributed by atoms with Gasteiger partial charge in [-0.05, 0) is 57.0 Å². The molecule has 0 unspecified atom stereocenters. The number of amides is 3. The first-order valence-electron chi connectivity index (χ1n) is 12.5. The third-order valence-electron chi connectivity index (χ3n) is 6.81. The summed E-state index contributed by atoms with van der Waals surface area (Å²) in [5.74, 6) is -1.04. The fraction of sp³-hybridized carbons (Fsp3) is 0.480. The highest BCUT2D eigenvalue weighted by Crippen LogP contribution is 2.37. The average Bonchev–Trinajstić information content (AvgIpc) is 3.26. The van der Waals surface area contributed by atoms with Crippen LogP contribution in [0.4, 0.5) is 9.80 Å². The van der Waals surface area contributed by atoms with Crippen LogP contribution in [0.15, 0.2) is 29.2 Å². The molecular weight excluding hydrogens is 530 g/mol. The lowest BCUT2D eigenvalue weighted by atomic mass is 10.0. The standard InChI is InChI=1S/C25H33N5O6S2/c1-4-36-25(33)28-11-13-30(14-12-28)38(34,35)18-7-5-17(6-8-18)23(32)27-24-21(22(26)31)19-9-10-29(16(2)3)15-20(19)37-24/h5-8,16H,4,9-15H2,1-3H3,(H2,26,31)(H,27,32). The predicted octanol–water partition coefficient (Wildman–Crippen LogP) is 2.33. The quantitative estimate of drug-likeness (QED) is 0.526. The molecule has 1 saturated heterocycles. The van der Waals surface area contributed by atoms with E-state index in [1.54, 1.807) is 6.92 Å². The zero-order valence-corrected chi connectivity index (χ0v) is 23.4. The van der Waals surface area contributed by atoms with Crippen LogP contribution in [0.5, 0.6) is 0 Å². The van der Waals surface area contributed by atoms with E-state index in [2.05, 4.69) is 24.1 Å². The Morgan fingerprint density at radius 3 is 2.32 bits per heavy atom.